The molecule has 1 fully saturated rings. The van der Waals surface area contributed by atoms with Crippen LogP contribution in [-0.2, 0) is 0 Å². The van der Waals surface area contributed by atoms with E-state index in [4.69, 9.17) is 0 Å². The summed E-state index contributed by atoms with van der Waals surface area (Å²) in [6.07, 6.45) is 4.50. The minimum absolute atomic E-state index is 0.907. The van der Waals surface area contributed by atoms with Crippen LogP contribution in [0.4, 0.5) is 5.82 Å². The molecule has 1 N–H and O–H groups in total. The number of halogens is 1. The van der Waals surface area contributed by atoms with E-state index >= 15 is 0 Å². The first kappa shape index (κ1) is 12.8. The standard InChI is InChI=1S/C13H20BrN3/c1-11-4-8-17(9-5-11)10-7-16-13-12(14)3-2-6-15-13/h2-3,6,11H,4-5,7-10H2,1H3,(H,15,16). The second-order valence-corrected chi connectivity index (χ2v) is 5.64. The fourth-order valence-electron chi connectivity index (χ4n) is 2.13. The number of likely N-dealkylation sites (tertiary alicyclic amines) is 1. The highest BCUT2D eigenvalue weighted by Crippen LogP contribution is 2.18. The second kappa shape index (κ2) is 6.36. The van der Waals surface area contributed by atoms with Crippen molar-refractivity contribution < 1.29 is 0 Å². The molecule has 3 nitrogen and oxygen atoms in total. The molecule has 1 aromatic heterocycles. The van der Waals surface area contributed by atoms with Gasteiger partial charge in [-0.3, -0.25) is 0 Å². The number of nitrogens with zero attached hydrogens (tertiary/aromatic N) is 2. The Kier molecular flexibility index (Phi) is 4.80. The molecule has 0 aromatic carbocycles. The maximum Gasteiger partial charge on any atom is 0.140 e. The van der Waals surface area contributed by atoms with Crippen molar-refractivity contribution in [3.8, 4) is 0 Å². The molecular formula is C13H20BrN3. The molecule has 2 heterocycles. The van der Waals surface area contributed by atoms with Crippen molar-refractivity contribution in [2.75, 3.05) is 31.5 Å². The van der Waals surface area contributed by atoms with Crippen molar-refractivity contribution in [3.05, 3.63) is 22.8 Å². The lowest BCUT2D eigenvalue weighted by Crippen LogP contribution is -2.36. The van der Waals surface area contributed by atoms with Crippen LogP contribution in [0.2, 0.25) is 0 Å². The molecule has 0 radical (unpaired) electrons. The molecule has 0 aliphatic carbocycles. The molecule has 4 heteroatoms. The van der Waals surface area contributed by atoms with Crippen LogP contribution in [0.5, 0.6) is 0 Å². The Bertz CT molecular complexity index is 348. The van der Waals surface area contributed by atoms with Crippen LogP contribution in [0.25, 0.3) is 0 Å². The van der Waals surface area contributed by atoms with Crippen molar-refractivity contribution in [1.82, 2.24) is 9.88 Å². The number of piperidine rings is 1. The molecule has 0 atom stereocenters. The minimum Gasteiger partial charge on any atom is -0.368 e. The smallest absolute Gasteiger partial charge is 0.140 e. The topological polar surface area (TPSA) is 28.2 Å². The van der Waals surface area contributed by atoms with Crippen LogP contribution in [0, 0.1) is 5.92 Å². The Morgan fingerprint density at radius 2 is 2.24 bits per heavy atom. The van der Waals surface area contributed by atoms with E-state index in [0.717, 1.165) is 29.3 Å². The average Bonchev–Trinajstić information content (AvgIpc) is 2.34. The number of hydrogen-bond donors (Lipinski definition) is 1. The van der Waals surface area contributed by atoms with Gasteiger partial charge < -0.3 is 10.2 Å². The zero-order valence-electron chi connectivity index (χ0n) is 10.3. The predicted molar refractivity (Wildman–Crippen MR) is 75.3 cm³/mol. The van der Waals surface area contributed by atoms with Gasteiger partial charge in [-0.1, -0.05) is 6.92 Å². The number of hydrogen-bond acceptors (Lipinski definition) is 3. The Hall–Kier alpha value is -0.610. The largest absolute Gasteiger partial charge is 0.368 e. The van der Waals surface area contributed by atoms with E-state index < -0.39 is 0 Å². The molecule has 2 rings (SSSR count). The SMILES string of the molecule is CC1CCN(CCNc2ncccc2Br)CC1. The molecule has 0 spiro atoms. The van der Waals surface area contributed by atoms with Crippen molar-refractivity contribution in [3.63, 3.8) is 0 Å². The Labute approximate surface area is 112 Å². The minimum atomic E-state index is 0.907. The van der Waals surface area contributed by atoms with E-state index in [1.165, 1.54) is 25.9 Å². The summed E-state index contributed by atoms with van der Waals surface area (Å²) in [6, 6.07) is 3.94. The summed E-state index contributed by atoms with van der Waals surface area (Å²) in [7, 11) is 0. The van der Waals surface area contributed by atoms with E-state index in [1.54, 1.807) is 0 Å². The quantitative estimate of drug-likeness (QED) is 0.926. The molecule has 0 bridgehead atoms. The first-order valence-corrected chi connectivity index (χ1v) is 7.12. The lowest BCUT2D eigenvalue weighted by molar-refractivity contribution is 0.199. The van der Waals surface area contributed by atoms with Crippen LogP contribution in [0.1, 0.15) is 19.8 Å². The second-order valence-electron chi connectivity index (χ2n) is 4.78. The summed E-state index contributed by atoms with van der Waals surface area (Å²) in [5, 5.41) is 3.37. The average molecular weight is 298 g/mol. The number of pyridine rings is 1. The van der Waals surface area contributed by atoms with Gasteiger partial charge in [-0.05, 0) is 59.9 Å². The van der Waals surface area contributed by atoms with E-state index in [2.05, 4.69) is 38.1 Å². The summed E-state index contributed by atoms with van der Waals surface area (Å²) in [5.41, 5.74) is 0. The maximum atomic E-state index is 4.30. The van der Waals surface area contributed by atoms with E-state index in [9.17, 15) is 0 Å². The van der Waals surface area contributed by atoms with Crippen molar-refractivity contribution in [2.45, 2.75) is 19.8 Å². The highest BCUT2D eigenvalue weighted by molar-refractivity contribution is 9.10. The third-order valence-corrected chi connectivity index (χ3v) is 4.00. The molecule has 0 amide bonds. The van der Waals surface area contributed by atoms with Crippen LogP contribution in [-0.4, -0.2) is 36.1 Å². The van der Waals surface area contributed by atoms with Crippen LogP contribution < -0.4 is 5.32 Å². The third kappa shape index (κ3) is 3.96. The lowest BCUT2D eigenvalue weighted by atomic mass is 9.99. The summed E-state index contributed by atoms with van der Waals surface area (Å²) in [4.78, 5) is 6.83. The summed E-state index contributed by atoms with van der Waals surface area (Å²) in [5.74, 6) is 1.85. The molecule has 1 aliphatic heterocycles. The third-order valence-electron chi connectivity index (χ3n) is 3.36. The first-order chi connectivity index (χ1) is 8.25. The van der Waals surface area contributed by atoms with Crippen molar-refractivity contribution in [2.24, 2.45) is 5.92 Å². The zero-order valence-corrected chi connectivity index (χ0v) is 11.9. The van der Waals surface area contributed by atoms with Gasteiger partial charge in [-0.15, -0.1) is 0 Å². The van der Waals surface area contributed by atoms with Gasteiger partial charge in [-0.25, -0.2) is 4.98 Å². The highest BCUT2D eigenvalue weighted by Gasteiger charge is 2.14. The van der Waals surface area contributed by atoms with Crippen LogP contribution in [0.15, 0.2) is 22.8 Å². The van der Waals surface area contributed by atoms with E-state index in [-0.39, 0.29) is 0 Å². The Balaban J connectivity index is 1.71. The molecular weight excluding hydrogens is 278 g/mol. The van der Waals surface area contributed by atoms with Crippen LogP contribution >= 0.6 is 15.9 Å². The number of nitrogens with one attached hydrogen (secondary N) is 1. The molecule has 1 aromatic rings. The van der Waals surface area contributed by atoms with Crippen LogP contribution in [0.3, 0.4) is 0 Å². The fourth-order valence-corrected chi connectivity index (χ4v) is 2.53. The molecule has 94 valence electrons. The lowest BCUT2D eigenvalue weighted by Gasteiger charge is -2.30. The van der Waals surface area contributed by atoms with Gasteiger partial charge in [0.1, 0.15) is 5.82 Å². The summed E-state index contributed by atoms with van der Waals surface area (Å²) < 4.78 is 1.03. The zero-order chi connectivity index (χ0) is 12.1. The number of rotatable bonds is 4. The maximum absolute atomic E-state index is 4.30. The predicted octanol–water partition coefficient (Wildman–Crippen LogP) is 2.99. The highest BCUT2D eigenvalue weighted by atomic mass is 79.9. The van der Waals surface area contributed by atoms with E-state index in [1.807, 2.05) is 18.3 Å². The van der Waals surface area contributed by atoms with Gasteiger partial charge in [0, 0.05) is 19.3 Å². The molecule has 1 aliphatic rings. The molecule has 17 heavy (non-hydrogen) atoms. The first-order valence-electron chi connectivity index (χ1n) is 6.32. The molecule has 1 saturated heterocycles. The van der Waals surface area contributed by atoms with Crippen molar-refractivity contribution >= 4 is 21.7 Å². The summed E-state index contributed by atoms with van der Waals surface area (Å²) >= 11 is 3.49. The van der Waals surface area contributed by atoms with Gasteiger partial charge in [-0.2, -0.15) is 0 Å². The van der Waals surface area contributed by atoms with Gasteiger partial charge in [0.05, 0.1) is 4.47 Å². The fraction of sp³-hybridized carbons (Fsp3) is 0.615. The van der Waals surface area contributed by atoms with Crippen molar-refractivity contribution in [1.29, 1.82) is 0 Å². The monoisotopic (exact) mass is 297 g/mol. The van der Waals surface area contributed by atoms with Gasteiger partial charge >= 0.3 is 0 Å². The Morgan fingerprint density at radius 1 is 1.47 bits per heavy atom. The van der Waals surface area contributed by atoms with E-state index in [0.29, 0.717) is 0 Å². The van der Waals surface area contributed by atoms with Gasteiger partial charge in [0.25, 0.3) is 0 Å². The normalized spacial score (nSPS) is 18.2. The Morgan fingerprint density at radius 3 is 2.94 bits per heavy atom. The van der Waals surface area contributed by atoms with Gasteiger partial charge in [0.15, 0.2) is 0 Å². The molecule has 0 saturated carbocycles. The van der Waals surface area contributed by atoms with Gasteiger partial charge in [0.2, 0.25) is 0 Å². The summed E-state index contributed by atoms with van der Waals surface area (Å²) in [6.45, 7) is 6.90. The number of anilines is 1. The number of aromatic nitrogens is 1. The molecule has 0 unspecified atom stereocenters.